The molecule has 16 heavy (non-hydrogen) atoms. The minimum absolute atomic E-state index is 0.707. The molecule has 82 valence electrons. The quantitative estimate of drug-likeness (QED) is 0.788. The molecular formula is C12H9Br2NO. The van der Waals surface area contributed by atoms with Crippen molar-refractivity contribution in [3.63, 3.8) is 0 Å². The largest absolute Gasteiger partial charge is 0.455 e. The van der Waals surface area contributed by atoms with E-state index in [1.165, 1.54) is 5.56 Å². The second-order valence-corrected chi connectivity index (χ2v) is 5.14. The van der Waals surface area contributed by atoms with Gasteiger partial charge in [0.15, 0.2) is 0 Å². The van der Waals surface area contributed by atoms with Gasteiger partial charge < -0.3 is 4.74 Å². The van der Waals surface area contributed by atoms with Gasteiger partial charge in [-0.05, 0) is 62.5 Å². The maximum Gasteiger partial charge on any atom is 0.146 e. The van der Waals surface area contributed by atoms with E-state index >= 15 is 0 Å². The van der Waals surface area contributed by atoms with Crippen LogP contribution in [0.3, 0.4) is 0 Å². The molecule has 0 fully saturated rings. The molecule has 1 aromatic heterocycles. The van der Waals surface area contributed by atoms with E-state index in [9.17, 15) is 0 Å². The summed E-state index contributed by atoms with van der Waals surface area (Å²) in [4.78, 5) is 4.04. The lowest BCUT2D eigenvalue weighted by molar-refractivity contribution is 0.476. The van der Waals surface area contributed by atoms with E-state index in [2.05, 4.69) is 36.8 Å². The average molecular weight is 343 g/mol. The molecule has 0 aliphatic rings. The molecule has 2 nitrogen and oxygen atoms in total. The molecule has 2 aromatic rings. The summed E-state index contributed by atoms with van der Waals surface area (Å²) in [6, 6.07) is 7.83. The number of nitrogens with zero attached hydrogens (tertiary/aromatic N) is 1. The lowest BCUT2D eigenvalue weighted by Crippen LogP contribution is -1.87. The number of aromatic nitrogens is 1. The van der Waals surface area contributed by atoms with Crippen LogP contribution in [-0.2, 0) is 0 Å². The molecule has 0 spiro atoms. The van der Waals surface area contributed by atoms with Gasteiger partial charge in [-0.15, -0.1) is 0 Å². The number of rotatable bonds is 2. The van der Waals surface area contributed by atoms with Crippen LogP contribution >= 0.6 is 31.9 Å². The highest BCUT2D eigenvalue weighted by Crippen LogP contribution is 2.30. The van der Waals surface area contributed by atoms with Gasteiger partial charge in [0.05, 0.1) is 10.7 Å². The van der Waals surface area contributed by atoms with Crippen molar-refractivity contribution in [2.75, 3.05) is 0 Å². The van der Waals surface area contributed by atoms with Crippen molar-refractivity contribution in [3.8, 4) is 11.5 Å². The van der Waals surface area contributed by atoms with Crippen LogP contribution in [0.4, 0.5) is 0 Å². The lowest BCUT2D eigenvalue weighted by atomic mass is 10.2. The molecule has 1 heterocycles. The van der Waals surface area contributed by atoms with Gasteiger partial charge in [0, 0.05) is 10.7 Å². The molecule has 4 heteroatoms. The Bertz CT molecular complexity index is 514. The summed E-state index contributed by atoms with van der Waals surface area (Å²) in [7, 11) is 0. The van der Waals surface area contributed by atoms with Gasteiger partial charge in [0.25, 0.3) is 0 Å². The molecule has 0 saturated heterocycles. The van der Waals surface area contributed by atoms with Crippen LogP contribution in [0.25, 0.3) is 0 Å². The van der Waals surface area contributed by atoms with Gasteiger partial charge in [0.2, 0.25) is 0 Å². The molecule has 0 N–H and O–H groups in total. The highest BCUT2D eigenvalue weighted by molar-refractivity contribution is 9.10. The van der Waals surface area contributed by atoms with Gasteiger partial charge >= 0.3 is 0 Å². The Labute approximate surface area is 111 Å². The fraction of sp³-hybridized carbons (Fsp3) is 0.0833. The molecule has 1 aromatic carbocycles. The summed E-state index contributed by atoms with van der Waals surface area (Å²) in [5.41, 5.74) is 1.19. The molecule has 0 amide bonds. The number of benzene rings is 1. The smallest absolute Gasteiger partial charge is 0.146 e. The predicted molar refractivity (Wildman–Crippen MR) is 70.9 cm³/mol. The number of hydrogen-bond acceptors (Lipinski definition) is 2. The second kappa shape index (κ2) is 4.97. The van der Waals surface area contributed by atoms with Crippen molar-refractivity contribution in [2.45, 2.75) is 6.92 Å². The first kappa shape index (κ1) is 11.6. The number of hydrogen-bond donors (Lipinski definition) is 0. The maximum absolute atomic E-state index is 5.71. The first-order valence-corrected chi connectivity index (χ1v) is 6.28. The van der Waals surface area contributed by atoms with Gasteiger partial charge in [-0.1, -0.05) is 6.07 Å². The molecular weight excluding hydrogens is 334 g/mol. The topological polar surface area (TPSA) is 22.1 Å². The summed E-state index contributed by atoms with van der Waals surface area (Å²) >= 11 is 6.82. The van der Waals surface area contributed by atoms with E-state index in [-0.39, 0.29) is 0 Å². The number of aryl methyl sites for hydroxylation is 1. The summed E-state index contributed by atoms with van der Waals surface area (Å²) in [6.07, 6.45) is 3.40. The monoisotopic (exact) mass is 341 g/mol. The van der Waals surface area contributed by atoms with E-state index in [4.69, 9.17) is 4.74 Å². The van der Waals surface area contributed by atoms with Gasteiger partial charge in [-0.3, -0.25) is 4.98 Å². The SMILES string of the molecule is Cc1ccc(Oc2cncc(Br)c2)c(Br)c1. The molecule has 0 saturated carbocycles. The zero-order valence-electron chi connectivity index (χ0n) is 8.58. The zero-order chi connectivity index (χ0) is 11.5. The Balaban J connectivity index is 2.27. The normalized spacial score (nSPS) is 10.2. The number of pyridine rings is 1. The third kappa shape index (κ3) is 2.83. The second-order valence-electron chi connectivity index (χ2n) is 3.37. The van der Waals surface area contributed by atoms with Crippen LogP contribution in [-0.4, -0.2) is 4.98 Å². The standard InChI is InChI=1S/C12H9Br2NO/c1-8-2-3-12(11(14)4-8)16-10-5-9(13)6-15-7-10/h2-7H,1H3. The Kier molecular flexibility index (Phi) is 3.61. The van der Waals surface area contributed by atoms with Crippen LogP contribution in [0, 0.1) is 6.92 Å². The lowest BCUT2D eigenvalue weighted by Gasteiger charge is -2.08. The Morgan fingerprint density at radius 3 is 2.62 bits per heavy atom. The van der Waals surface area contributed by atoms with E-state index in [0.717, 1.165) is 14.7 Å². The molecule has 0 aliphatic heterocycles. The Morgan fingerprint density at radius 2 is 1.94 bits per heavy atom. The van der Waals surface area contributed by atoms with Gasteiger partial charge in [-0.25, -0.2) is 0 Å². The van der Waals surface area contributed by atoms with Crippen LogP contribution < -0.4 is 4.74 Å². The van der Waals surface area contributed by atoms with Crippen molar-refractivity contribution >= 4 is 31.9 Å². The maximum atomic E-state index is 5.71. The average Bonchev–Trinajstić information content (AvgIpc) is 2.22. The van der Waals surface area contributed by atoms with Crippen molar-refractivity contribution < 1.29 is 4.74 Å². The summed E-state index contributed by atoms with van der Waals surface area (Å²) in [5, 5.41) is 0. The van der Waals surface area contributed by atoms with Crippen LogP contribution in [0.5, 0.6) is 11.5 Å². The first-order chi connectivity index (χ1) is 7.65. The van der Waals surface area contributed by atoms with Crippen molar-refractivity contribution in [1.82, 2.24) is 4.98 Å². The van der Waals surface area contributed by atoms with Crippen molar-refractivity contribution in [3.05, 3.63) is 51.2 Å². The fourth-order valence-electron chi connectivity index (χ4n) is 1.26. The van der Waals surface area contributed by atoms with Gasteiger partial charge in [-0.2, -0.15) is 0 Å². The van der Waals surface area contributed by atoms with Crippen LogP contribution in [0.1, 0.15) is 5.56 Å². The number of halogens is 2. The highest BCUT2D eigenvalue weighted by atomic mass is 79.9. The minimum atomic E-state index is 0.707. The van der Waals surface area contributed by atoms with Crippen LogP contribution in [0.2, 0.25) is 0 Å². The first-order valence-electron chi connectivity index (χ1n) is 4.70. The minimum Gasteiger partial charge on any atom is -0.455 e. The predicted octanol–water partition coefficient (Wildman–Crippen LogP) is 4.71. The molecule has 0 radical (unpaired) electrons. The van der Waals surface area contributed by atoms with Gasteiger partial charge in [0.1, 0.15) is 11.5 Å². The molecule has 0 bridgehead atoms. The van der Waals surface area contributed by atoms with Crippen molar-refractivity contribution in [1.29, 1.82) is 0 Å². The third-order valence-electron chi connectivity index (χ3n) is 1.99. The zero-order valence-corrected chi connectivity index (χ0v) is 11.7. The molecule has 2 rings (SSSR count). The summed E-state index contributed by atoms with van der Waals surface area (Å²) in [6.45, 7) is 2.04. The van der Waals surface area contributed by atoms with Crippen molar-refractivity contribution in [2.24, 2.45) is 0 Å². The molecule has 0 atom stereocenters. The highest BCUT2D eigenvalue weighted by Gasteiger charge is 2.03. The van der Waals surface area contributed by atoms with E-state index < -0.39 is 0 Å². The van der Waals surface area contributed by atoms with E-state index in [1.54, 1.807) is 12.4 Å². The Hall–Kier alpha value is -0.870. The fourth-order valence-corrected chi connectivity index (χ4v) is 2.18. The van der Waals surface area contributed by atoms with Crippen LogP contribution in [0.15, 0.2) is 45.6 Å². The number of ether oxygens (including phenoxy) is 1. The Morgan fingerprint density at radius 1 is 1.12 bits per heavy atom. The molecule has 0 aliphatic carbocycles. The third-order valence-corrected chi connectivity index (χ3v) is 3.05. The summed E-state index contributed by atoms with van der Waals surface area (Å²) < 4.78 is 7.54. The summed E-state index contributed by atoms with van der Waals surface area (Å²) in [5.74, 6) is 1.49. The molecule has 0 unspecified atom stereocenters. The van der Waals surface area contributed by atoms with E-state index in [1.807, 2.05) is 31.2 Å². The van der Waals surface area contributed by atoms with E-state index in [0.29, 0.717) is 5.75 Å².